The lowest BCUT2D eigenvalue weighted by molar-refractivity contribution is -0.129. The van der Waals surface area contributed by atoms with Gasteiger partial charge in [-0.2, -0.15) is 0 Å². The number of carbonyl (C=O) groups is 1. The Morgan fingerprint density at radius 1 is 1.23 bits per heavy atom. The van der Waals surface area contributed by atoms with Crippen molar-refractivity contribution < 1.29 is 9.90 Å². The zero-order valence-electron chi connectivity index (χ0n) is 18.3. The van der Waals surface area contributed by atoms with Crippen LogP contribution in [0.25, 0.3) is 10.9 Å². The molecule has 1 aromatic carbocycles. The van der Waals surface area contributed by atoms with Crippen molar-refractivity contribution in [1.29, 1.82) is 0 Å². The van der Waals surface area contributed by atoms with Gasteiger partial charge in [0.1, 0.15) is 5.54 Å². The number of hydrogen-bond donors (Lipinski definition) is 3. The fraction of sp³-hybridized carbons (Fsp3) is 0.583. The van der Waals surface area contributed by atoms with Crippen molar-refractivity contribution in [3.63, 3.8) is 0 Å². The topological polar surface area (TPSA) is 74.2 Å². The number of aliphatic hydroxyl groups is 1. The van der Waals surface area contributed by atoms with Gasteiger partial charge in [-0.25, -0.2) is 4.72 Å². The third kappa shape index (κ3) is 4.51. The Balaban J connectivity index is 1.43. The number of benzene rings is 1. The van der Waals surface area contributed by atoms with Crippen molar-refractivity contribution in [3.8, 4) is 0 Å². The first-order valence-electron chi connectivity index (χ1n) is 11.0. The molecule has 1 heterocycles. The zero-order valence-corrected chi connectivity index (χ0v) is 19.1. The normalized spacial score (nSPS) is 31.5. The van der Waals surface area contributed by atoms with Gasteiger partial charge in [0, 0.05) is 22.5 Å². The molecular weight excluding hydrogens is 394 g/mol. The van der Waals surface area contributed by atoms with Crippen LogP contribution < -0.4 is 10.0 Å². The summed E-state index contributed by atoms with van der Waals surface area (Å²) in [7, 11) is 0. The largest absolute Gasteiger partial charge is 0.390 e. The molecule has 162 valence electrons. The van der Waals surface area contributed by atoms with Crippen LogP contribution in [-0.2, 0) is 4.79 Å². The molecule has 2 fully saturated rings. The number of carbonyl (C=O) groups excluding carboxylic acids is 1. The highest BCUT2D eigenvalue weighted by Gasteiger charge is 2.46. The summed E-state index contributed by atoms with van der Waals surface area (Å²) in [5.41, 5.74) is -0.415. The lowest BCUT2D eigenvalue weighted by atomic mass is 9.61. The van der Waals surface area contributed by atoms with Gasteiger partial charge in [-0.1, -0.05) is 25.1 Å². The summed E-state index contributed by atoms with van der Waals surface area (Å²) in [6.07, 6.45) is 5.62. The Labute approximate surface area is 183 Å². The van der Waals surface area contributed by atoms with E-state index in [-0.39, 0.29) is 11.9 Å². The van der Waals surface area contributed by atoms with Crippen molar-refractivity contribution in [3.05, 3.63) is 36.5 Å². The van der Waals surface area contributed by atoms with Crippen LogP contribution in [-0.4, -0.2) is 33.2 Å². The Morgan fingerprint density at radius 3 is 2.80 bits per heavy atom. The van der Waals surface area contributed by atoms with Crippen LogP contribution in [0.1, 0.15) is 53.4 Å². The number of fused-ring (bicyclic) bond motifs is 3. The number of nitrogens with zero attached hydrogens (tertiary/aromatic N) is 1. The lowest BCUT2D eigenvalue weighted by Crippen LogP contribution is -2.59. The summed E-state index contributed by atoms with van der Waals surface area (Å²) >= 11 is 1.45. The lowest BCUT2D eigenvalue weighted by Gasteiger charge is -2.49. The standard InChI is InChI=1S/C24H33N3O2S/c1-15-11-16-12-18(14-24(4,29)13-16)20(15)26-22(28)23(2,3)27-30-19-9-5-7-17-8-6-10-25-21(17)19/h5-10,15-16,18,20,27,29H,11-14H2,1-4H3,(H,26,28). The number of rotatable bonds is 5. The second-order valence-corrected chi connectivity index (χ2v) is 11.0. The molecule has 3 N–H and O–H groups in total. The molecule has 0 saturated heterocycles. The van der Waals surface area contributed by atoms with Gasteiger partial charge in [-0.05, 0) is 88.3 Å². The van der Waals surface area contributed by atoms with Crippen LogP contribution in [0, 0.1) is 17.8 Å². The molecule has 0 radical (unpaired) electrons. The van der Waals surface area contributed by atoms with Crippen LogP contribution in [0.15, 0.2) is 41.4 Å². The SMILES string of the molecule is CC1CC2CC(CC(C)(O)C2)C1NC(=O)C(C)(C)NSc1cccc2cccnc12. The van der Waals surface area contributed by atoms with Gasteiger partial charge in [0.15, 0.2) is 0 Å². The molecule has 4 rings (SSSR count). The van der Waals surface area contributed by atoms with E-state index < -0.39 is 11.1 Å². The molecule has 6 heteroatoms. The minimum absolute atomic E-state index is 0.00344. The van der Waals surface area contributed by atoms with Gasteiger partial charge in [0.2, 0.25) is 5.91 Å². The van der Waals surface area contributed by atoms with Gasteiger partial charge in [-0.15, -0.1) is 0 Å². The molecule has 5 nitrogen and oxygen atoms in total. The Morgan fingerprint density at radius 2 is 2.00 bits per heavy atom. The maximum atomic E-state index is 13.2. The van der Waals surface area contributed by atoms with Crippen LogP contribution in [0.4, 0.5) is 0 Å². The molecule has 2 aliphatic rings. The monoisotopic (exact) mass is 427 g/mol. The van der Waals surface area contributed by atoms with E-state index in [9.17, 15) is 9.90 Å². The maximum absolute atomic E-state index is 13.2. The van der Waals surface area contributed by atoms with Crippen molar-refractivity contribution in [2.45, 2.75) is 75.5 Å². The fourth-order valence-corrected chi connectivity index (χ4v) is 6.31. The number of para-hydroxylation sites is 1. The zero-order chi connectivity index (χ0) is 21.5. The van der Waals surface area contributed by atoms with E-state index in [1.807, 2.05) is 51.1 Å². The van der Waals surface area contributed by atoms with Gasteiger partial charge in [0.25, 0.3) is 0 Å². The Kier molecular flexibility index (Phi) is 5.86. The summed E-state index contributed by atoms with van der Waals surface area (Å²) in [5.74, 6) is 1.35. The number of pyridine rings is 1. The van der Waals surface area contributed by atoms with Crippen LogP contribution in [0.3, 0.4) is 0 Å². The van der Waals surface area contributed by atoms with Crippen LogP contribution >= 0.6 is 11.9 Å². The van der Waals surface area contributed by atoms with Gasteiger partial charge < -0.3 is 10.4 Å². The molecule has 0 spiro atoms. The average molecular weight is 428 g/mol. The summed E-state index contributed by atoms with van der Waals surface area (Å²) in [5, 5.41) is 15.1. The van der Waals surface area contributed by atoms with E-state index in [1.54, 1.807) is 6.20 Å². The van der Waals surface area contributed by atoms with E-state index in [2.05, 4.69) is 21.9 Å². The molecule has 0 aliphatic heterocycles. The predicted octanol–water partition coefficient (Wildman–Crippen LogP) is 4.30. The fourth-order valence-electron chi connectivity index (χ4n) is 5.43. The Hall–Kier alpha value is -1.63. The van der Waals surface area contributed by atoms with Crippen LogP contribution in [0.5, 0.6) is 0 Å². The summed E-state index contributed by atoms with van der Waals surface area (Å²) in [6.45, 7) is 8.02. The molecule has 1 aromatic heterocycles. The molecule has 2 aliphatic carbocycles. The maximum Gasteiger partial charge on any atom is 0.240 e. The third-order valence-corrected chi connectivity index (χ3v) is 7.93. The van der Waals surface area contributed by atoms with E-state index in [0.717, 1.165) is 41.5 Å². The smallest absolute Gasteiger partial charge is 0.240 e. The second-order valence-electron chi connectivity index (χ2n) is 10.1. The number of aromatic nitrogens is 1. The minimum atomic E-state index is -0.741. The van der Waals surface area contributed by atoms with Crippen molar-refractivity contribution >= 4 is 28.8 Å². The molecule has 2 bridgehead atoms. The molecule has 2 aromatic rings. The number of hydrogen-bond acceptors (Lipinski definition) is 5. The minimum Gasteiger partial charge on any atom is -0.390 e. The quantitative estimate of drug-likeness (QED) is 0.621. The van der Waals surface area contributed by atoms with E-state index in [0.29, 0.717) is 17.8 Å². The predicted molar refractivity (Wildman–Crippen MR) is 122 cm³/mol. The van der Waals surface area contributed by atoms with Crippen molar-refractivity contribution in [1.82, 2.24) is 15.0 Å². The summed E-state index contributed by atoms with van der Waals surface area (Å²) < 4.78 is 3.36. The van der Waals surface area contributed by atoms with E-state index in [1.165, 1.54) is 11.9 Å². The molecule has 1 amide bonds. The number of amides is 1. The third-order valence-electron chi connectivity index (χ3n) is 6.77. The molecule has 5 atom stereocenters. The summed E-state index contributed by atoms with van der Waals surface area (Å²) in [4.78, 5) is 18.7. The molecule has 30 heavy (non-hydrogen) atoms. The first-order valence-corrected chi connectivity index (χ1v) is 11.8. The van der Waals surface area contributed by atoms with Gasteiger partial charge in [-0.3, -0.25) is 9.78 Å². The first kappa shape index (κ1) is 21.6. The van der Waals surface area contributed by atoms with Crippen LogP contribution in [0.2, 0.25) is 0 Å². The first-order chi connectivity index (χ1) is 14.1. The van der Waals surface area contributed by atoms with Gasteiger partial charge in [0.05, 0.1) is 11.1 Å². The molecule has 2 saturated carbocycles. The second kappa shape index (κ2) is 8.13. The highest BCUT2D eigenvalue weighted by molar-refractivity contribution is 7.97. The molecule has 5 unspecified atom stereocenters. The van der Waals surface area contributed by atoms with E-state index in [4.69, 9.17) is 0 Å². The van der Waals surface area contributed by atoms with Crippen molar-refractivity contribution in [2.75, 3.05) is 0 Å². The summed E-state index contributed by atoms with van der Waals surface area (Å²) in [6, 6.07) is 10.2. The molecular formula is C24H33N3O2S. The number of nitrogens with one attached hydrogen (secondary N) is 2. The highest BCUT2D eigenvalue weighted by atomic mass is 32.2. The van der Waals surface area contributed by atoms with E-state index >= 15 is 0 Å². The highest BCUT2D eigenvalue weighted by Crippen LogP contribution is 2.46. The van der Waals surface area contributed by atoms with Gasteiger partial charge >= 0.3 is 0 Å². The van der Waals surface area contributed by atoms with Crippen molar-refractivity contribution in [2.24, 2.45) is 17.8 Å². The average Bonchev–Trinajstić information content (AvgIpc) is 2.68. The Bertz CT molecular complexity index is 922.